The number of carbonyl (C=O) groups is 2. The monoisotopic (exact) mass is 379 g/mol. The van der Waals surface area contributed by atoms with Crippen molar-refractivity contribution < 1.29 is 14.3 Å². The van der Waals surface area contributed by atoms with Crippen LogP contribution >= 0.6 is 0 Å². The summed E-state index contributed by atoms with van der Waals surface area (Å²) in [5, 5.41) is 3.03. The molecule has 2 unspecified atom stereocenters. The number of benzene rings is 1. The summed E-state index contributed by atoms with van der Waals surface area (Å²) in [5.74, 6) is -0.0698. The quantitative estimate of drug-likeness (QED) is 0.887. The smallest absolute Gasteiger partial charge is 0.237 e. The number of hydrogen-bond donors (Lipinski definition) is 1. The first-order valence-electron chi connectivity index (χ1n) is 9.53. The number of para-hydroxylation sites is 1. The van der Waals surface area contributed by atoms with Crippen molar-refractivity contribution in [2.24, 2.45) is 5.41 Å². The molecular formula is C22H25N3O3. The van der Waals surface area contributed by atoms with Gasteiger partial charge in [0, 0.05) is 31.7 Å². The summed E-state index contributed by atoms with van der Waals surface area (Å²) >= 11 is 0. The van der Waals surface area contributed by atoms with E-state index in [2.05, 4.69) is 10.3 Å². The zero-order chi connectivity index (χ0) is 19.9. The van der Waals surface area contributed by atoms with Crippen LogP contribution in [0.25, 0.3) is 0 Å². The van der Waals surface area contributed by atoms with Gasteiger partial charge in [0.15, 0.2) is 0 Å². The van der Waals surface area contributed by atoms with Crippen molar-refractivity contribution >= 4 is 17.5 Å². The highest BCUT2D eigenvalue weighted by Crippen LogP contribution is 2.55. The maximum Gasteiger partial charge on any atom is 0.237 e. The van der Waals surface area contributed by atoms with Crippen LogP contribution in [0.1, 0.15) is 37.4 Å². The largest absolute Gasteiger partial charge is 0.384 e. The number of nitrogens with zero attached hydrogens (tertiary/aromatic N) is 2. The maximum atomic E-state index is 13.5. The third kappa shape index (κ3) is 2.63. The van der Waals surface area contributed by atoms with Crippen molar-refractivity contribution in [3.8, 4) is 0 Å². The van der Waals surface area contributed by atoms with Crippen molar-refractivity contribution in [3.05, 3.63) is 59.9 Å². The van der Waals surface area contributed by atoms with Crippen LogP contribution in [0.4, 0.5) is 5.69 Å². The standard InChI is InChI=1S/C22H25N3O3/c1-21(2,14-28-3)20(27)25-12-10-22(18(25)15-7-6-11-23-13-15)16-8-4-5-9-17(16)24-19(22)26/h4-9,11,13,18H,10,12,14H2,1-3H3,(H,24,26). The van der Waals surface area contributed by atoms with Crippen LogP contribution in [0.5, 0.6) is 0 Å². The summed E-state index contributed by atoms with van der Waals surface area (Å²) < 4.78 is 5.28. The number of hydrogen-bond acceptors (Lipinski definition) is 4. The van der Waals surface area contributed by atoms with Crippen molar-refractivity contribution in [2.75, 3.05) is 25.6 Å². The Labute approximate surface area is 164 Å². The van der Waals surface area contributed by atoms with E-state index in [-0.39, 0.29) is 11.8 Å². The first-order valence-corrected chi connectivity index (χ1v) is 9.53. The molecule has 0 saturated carbocycles. The summed E-state index contributed by atoms with van der Waals surface area (Å²) in [6.07, 6.45) is 4.04. The number of aromatic nitrogens is 1. The van der Waals surface area contributed by atoms with Crippen molar-refractivity contribution in [1.29, 1.82) is 0 Å². The van der Waals surface area contributed by atoms with Crippen LogP contribution in [-0.2, 0) is 19.7 Å². The normalized spacial score (nSPS) is 23.8. The fourth-order valence-electron chi connectivity index (χ4n) is 4.72. The van der Waals surface area contributed by atoms with Crippen molar-refractivity contribution in [2.45, 2.75) is 31.7 Å². The van der Waals surface area contributed by atoms with Gasteiger partial charge in [-0.3, -0.25) is 14.6 Å². The molecule has 146 valence electrons. The van der Waals surface area contributed by atoms with Gasteiger partial charge < -0.3 is 15.0 Å². The van der Waals surface area contributed by atoms with E-state index in [1.807, 2.05) is 55.1 Å². The average Bonchev–Trinajstić information content (AvgIpc) is 3.22. The Morgan fingerprint density at radius 2 is 2.11 bits per heavy atom. The molecule has 1 saturated heterocycles. The third-order valence-corrected chi connectivity index (χ3v) is 5.93. The van der Waals surface area contributed by atoms with Gasteiger partial charge in [0.2, 0.25) is 11.8 Å². The number of ether oxygens (including phenoxy) is 1. The highest BCUT2D eigenvalue weighted by molar-refractivity contribution is 6.07. The average molecular weight is 379 g/mol. The molecule has 6 nitrogen and oxygen atoms in total. The van der Waals surface area contributed by atoms with Crippen LogP contribution in [0, 0.1) is 5.41 Å². The van der Waals surface area contributed by atoms with E-state index < -0.39 is 16.9 Å². The molecule has 6 heteroatoms. The molecule has 0 bridgehead atoms. The van der Waals surface area contributed by atoms with Gasteiger partial charge in [-0.15, -0.1) is 0 Å². The number of methoxy groups -OCH3 is 1. The second-order valence-electron chi connectivity index (χ2n) is 8.23. The van der Waals surface area contributed by atoms with Gasteiger partial charge >= 0.3 is 0 Å². The molecule has 1 aromatic carbocycles. The zero-order valence-corrected chi connectivity index (χ0v) is 16.4. The minimum atomic E-state index is -0.807. The topological polar surface area (TPSA) is 71.5 Å². The minimum Gasteiger partial charge on any atom is -0.384 e. The van der Waals surface area contributed by atoms with Gasteiger partial charge in [-0.2, -0.15) is 0 Å². The minimum absolute atomic E-state index is 0.0164. The van der Waals surface area contributed by atoms with E-state index in [9.17, 15) is 9.59 Å². The summed E-state index contributed by atoms with van der Waals surface area (Å²) in [7, 11) is 1.60. The summed E-state index contributed by atoms with van der Waals surface area (Å²) in [6, 6.07) is 11.2. The lowest BCUT2D eigenvalue weighted by Crippen LogP contribution is -2.47. The van der Waals surface area contributed by atoms with Crippen LogP contribution in [0.15, 0.2) is 48.8 Å². The van der Waals surface area contributed by atoms with Gasteiger partial charge in [0.1, 0.15) is 5.41 Å². The van der Waals surface area contributed by atoms with E-state index in [1.54, 1.807) is 19.5 Å². The predicted octanol–water partition coefficient (Wildman–Crippen LogP) is 2.92. The Hall–Kier alpha value is -2.73. The molecule has 2 aromatic rings. The first-order chi connectivity index (χ1) is 13.4. The summed E-state index contributed by atoms with van der Waals surface area (Å²) in [6.45, 7) is 4.59. The number of pyridine rings is 1. The van der Waals surface area contributed by atoms with Crippen molar-refractivity contribution in [1.82, 2.24) is 9.88 Å². The molecule has 2 atom stereocenters. The Morgan fingerprint density at radius 1 is 1.32 bits per heavy atom. The number of likely N-dealkylation sites (tertiary alicyclic amines) is 1. The van der Waals surface area contributed by atoms with Crippen LogP contribution in [0.3, 0.4) is 0 Å². The highest BCUT2D eigenvalue weighted by atomic mass is 16.5. The third-order valence-electron chi connectivity index (χ3n) is 5.93. The fourth-order valence-corrected chi connectivity index (χ4v) is 4.72. The second-order valence-corrected chi connectivity index (χ2v) is 8.23. The van der Waals surface area contributed by atoms with Gasteiger partial charge in [-0.1, -0.05) is 24.3 Å². The fraction of sp³-hybridized carbons (Fsp3) is 0.409. The van der Waals surface area contributed by atoms with Crippen molar-refractivity contribution in [3.63, 3.8) is 0 Å². The number of carbonyl (C=O) groups excluding carboxylic acids is 2. The number of rotatable bonds is 4. The zero-order valence-electron chi connectivity index (χ0n) is 16.4. The molecule has 28 heavy (non-hydrogen) atoms. The SMILES string of the molecule is COCC(C)(C)C(=O)N1CCC2(C(=O)Nc3ccccc32)C1c1cccnc1. The predicted molar refractivity (Wildman–Crippen MR) is 106 cm³/mol. The van der Waals surface area contributed by atoms with E-state index in [0.29, 0.717) is 19.6 Å². The Balaban J connectivity index is 1.86. The number of amides is 2. The Morgan fingerprint density at radius 3 is 2.82 bits per heavy atom. The molecule has 3 heterocycles. The van der Waals surface area contributed by atoms with Crippen LogP contribution in [-0.4, -0.2) is 42.0 Å². The molecule has 1 spiro atoms. The molecule has 0 radical (unpaired) electrons. The molecule has 1 aromatic heterocycles. The lowest BCUT2D eigenvalue weighted by Gasteiger charge is -2.37. The lowest BCUT2D eigenvalue weighted by atomic mass is 9.72. The van der Waals surface area contributed by atoms with Crippen LogP contribution < -0.4 is 5.32 Å². The molecular weight excluding hydrogens is 354 g/mol. The number of fused-ring (bicyclic) bond motifs is 2. The van der Waals surface area contributed by atoms with Gasteiger partial charge in [-0.05, 0) is 43.5 Å². The van der Waals surface area contributed by atoms with Gasteiger partial charge in [0.05, 0.1) is 18.1 Å². The molecule has 2 aliphatic rings. The molecule has 4 rings (SSSR count). The highest BCUT2D eigenvalue weighted by Gasteiger charge is 2.60. The number of anilines is 1. The summed E-state index contributed by atoms with van der Waals surface area (Å²) in [5.41, 5.74) is 1.15. The van der Waals surface area contributed by atoms with E-state index in [4.69, 9.17) is 4.74 Å². The van der Waals surface area contributed by atoms with Crippen LogP contribution in [0.2, 0.25) is 0 Å². The molecule has 2 amide bonds. The Bertz CT molecular complexity index is 912. The lowest BCUT2D eigenvalue weighted by molar-refractivity contribution is -0.145. The van der Waals surface area contributed by atoms with Gasteiger partial charge in [0.25, 0.3) is 0 Å². The maximum absolute atomic E-state index is 13.5. The number of nitrogens with one attached hydrogen (secondary N) is 1. The van der Waals surface area contributed by atoms with Gasteiger partial charge in [-0.25, -0.2) is 0 Å². The van der Waals surface area contributed by atoms with E-state index in [0.717, 1.165) is 16.8 Å². The van der Waals surface area contributed by atoms with E-state index in [1.165, 1.54) is 0 Å². The molecule has 1 fully saturated rings. The molecule has 0 aliphatic carbocycles. The van der Waals surface area contributed by atoms with E-state index >= 15 is 0 Å². The molecule has 2 aliphatic heterocycles. The molecule has 1 N–H and O–H groups in total. The second kappa shape index (κ2) is 6.71. The Kier molecular flexibility index (Phi) is 4.46. The first kappa shape index (κ1) is 18.6. The summed E-state index contributed by atoms with van der Waals surface area (Å²) in [4.78, 5) is 32.9.